The molecule has 138 valence electrons. The van der Waals surface area contributed by atoms with Gasteiger partial charge in [0.25, 0.3) is 0 Å². The molecule has 0 saturated carbocycles. The molecule has 0 unspecified atom stereocenters. The summed E-state index contributed by atoms with van der Waals surface area (Å²) in [5.74, 6) is -1.57. The second-order valence-corrected chi connectivity index (χ2v) is 6.19. The van der Waals surface area contributed by atoms with Gasteiger partial charge in [-0.05, 0) is 30.5 Å². The van der Waals surface area contributed by atoms with Crippen LogP contribution in [0, 0.1) is 5.82 Å². The summed E-state index contributed by atoms with van der Waals surface area (Å²) in [6.45, 7) is 0.721. The fourth-order valence-corrected chi connectivity index (χ4v) is 3.11. The third-order valence-electron chi connectivity index (χ3n) is 4.49. The molecule has 1 fully saturated rings. The van der Waals surface area contributed by atoms with Gasteiger partial charge in [0.15, 0.2) is 0 Å². The van der Waals surface area contributed by atoms with E-state index in [1.165, 1.54) is 23.0 Å². The van der Waals surface area contributed by atoms with Crippen LogP contribution in [0.4, 0.5) is 4.39 Å². The SMILES string of the molecule is O=C(O)Cn1cc(CNC(=O)C2(c3ccc(F)cc3)CCOCC2)nn1. The fourth-order valence-electron chi connectivity index (χ4n) is 3.11. The highest BCUT2D eigenvalue weighted by molar-refractivity contribution is 5.88. The molecule has 0 bridgehead atoms. The number of halogens is 1. The molecule has 9 heteroatoms. The van der Waals surface area contributed by atoms with Crippen LogP contribution < -0.4 is 5.32 Å². The number of hydrogen-bond donors (Lipinski definition) is 2. The van der Waals surface area contributed by atoms with Gasteiger partial charge >= 0.3 is 5.97 Å². The average molecular weight is 362 g/mol. The molecule has 2 heterocycles. The molecule has 1 amide bonds. The Kier molecular flexibility index (Phi) is 5.27. The summed E-state index contributed by atoms with van der Waals surface area (Å²) in [5, 5.41) is 19.1. The van der Waals surface area contributed by atoms with E-state index in [4.69, 9.17) is 9.84 Å². The van der Waals surface area contributed by atoms with Crippen molar-refractivity contribution in [1.29, 1.82) is 0 Å². The molecule has 1 aliphatic heterocycles. The molecule has 1 aliphatic rings. The molecule has 8 nitrogen and oxygen atoms in total. The molecule has 2 aromatic rings. The number of aliphatic carboxylic acids is 1. The number of nitrogens with one attached hydrogen (secondary N) is 1. The second-order valence-electron chi connectivity index (χ2n) is 6.19. The van der Waals surface area contributed by atoms with E-state index in [9.17, 15) is 14.0 Å². The number of aromatic nitrogens is 3. The lowest BCUT2D eigenvalue weighted by Crippen LogP contribution is -2.47. The van der Waals surface area contributed by atoms with Crippen LogP contribution >= 0.6 is 0 Å². The molecule has 2 N–H and O–H groups in total. The van der Waals surface area contributed by atoms with Crippen LogP contribution in [-0.2, 0) is 32.8 Å². The smallest absolute Gasteiger partial charge is 0.325 e. The minimum atomic E-state index is -1.03. The molecule has 0 spiro atoms. The normalized spacial score (nSPS) is 16.2. The number of ether oxygens (including phenoxy) is 1. The largest absolute Gasteiger partial charge is 0.480 e. The number of carbonyl (C=O) groups excluding carboxylic acids is 1. The van der Waals surface area contributed by atoms with Gasteiger partial charge in [-0.25, -0.2) is 9.07 Å². The van der Waals surface area contributed by atoms with E-state index >= 15 is 0 Å². The second kappa shape index (κ2) is 7.61. The van der Waals surface area contributed by atoms with Crippen molar-refractivity contribution in [1.82, 2.24) is 20.3 Å². The van der Waals surface area contributed by atoms with E-state index in [0.717, 1.165) is 5.56 Å². The Morgan fingerprint density at radius 2 is 1.96 bits per heavy atom. The van der Waals surface area contributed by atoms with Gasteiger partial charge in [-0.1, -0.05) is 17.3 Å². The summed E-state index contributed by atoms with van der Waals surface area (Å²) in [6, 6.07) is 5.95. The Hall–Kier alpha value is -2.81. The number of hydrogen-bond acceptors (Lipinski definition) is 5. The van der Waals surface area contributed by atoms with Crippen molar-refractivity contribution in [2.45, 2.75) is 31.3 Å². The van der Waals surface area contributed by atoms with Crippen LogP contribution in [0.15, 0.2) is 30.5 Å². The molecule has 0 radical (unpaired) electrons. The van der Waals surface area contributed by atoms with Gasteiger partial charge in [-0.3, -0.25) is 9.59 Å². The third-order valence-corrected chi connectivity index (χ3v) is 4.49. The topological polar surface area (TPSA) is 106 Å². The van der Waals surface area contributed by atoms with E-state index in [2.05, 4.69) is 15.6 Å². The van der Waals surface area contributed by atoms with Crippen molar-refractivity contribution >= 4 is 11.9 Å². The molecule has 1 aromatic heterocycles. The Morgan fingerprint density at radius 1 is 1.27 bits per heavy atom. The number of carboxylic acid groups (broad SMARTS) is 1. The summed E-state index contributed by atoms with van der Waals surface area (Å²) >= 11 is 0. The summed E-state index contributed by atoms with van der Waals surface area (Å²) in [6.07, 6.45) is 2.47. The zero-order valence-corrected chi connectivity index (χ0v) is 14.0. The van der Waals surface area contributed by atoms with Gasteiger partial charge in [-0.15, -0.1) is 5.10 Å². The van der Waals surface area contributed by atoms with Crippen molar-refractivity contribution in [3.63, 3.8) is 0 Å². The highest BCUT2D eigenvalue weighted by Crippen LogP contribution is 2.35. The molecule has 3 rings (SSSR count). The molecule has 1 saturated heterocycles. The highest BCUT2D eigenvalue weighted by Gasteiger charge is 2.41. The van der Waals surface area contributed by atoms with Crippen LogP contribution in [-0.4, -0.2) is 45.2 Å². The number of nitrogens with zero attached hydrogens (tertiary/aromatic N) is 3. The van der Waals surface area contributed by atoms with Gasteiger partial charge in [0.05, 0.1) is 18.2 Å². The first-order valence-corrected chi connectivity index (χ1v) is 8.22. The third kappa shape index (κ3) is 3.88. The zero-order valence-electron chi connectivity index (χ0n) is 14.0. The van der Waals surface area contributed by atoms with Gasteiger partial charge in [0, 0.05) is 13.2 Å². The van der Waals surface area contributed by atoms with Crippen LogP contribution in [0.1, 0.15) is 24.1 Å². The highest BCUT2D eigenvalue weighted by atomic mass is 19.1. The quantitative estimate of drug-likeness (QED) is 0.790. The van der Waals surface area contributed by atoms with E-state index in [1.54, 1.807) is 12.1 Å². The van der Waals surface area contributed by atoms with Gasteiger partial charge in [-0.2, -0.15) is 0 Å². The Balaban J connectivity index is 1.73. The molecule has 0 atom stereocenters. The molecular weight excluding hydrogens is 343 g/mol. The Bertz CT molecular complexity index is 784. The summed E-state index contributed by atoms with van der Waals surface area (Å²) < 4.78 is 19.8. The minimum absolute atomic E-state index is 0.127. The monoisotopic (exact) mass is 362 g/mol. The van der Waals surface area contributed by atoms with Crippen molar-refractivity contribution < 1.29 is 23.8 Å². The van der Waals surface area contributed by atoms with Crippen molar-refractivity contribution in [3.05, 3.63) is 47.5 Å². The summed E-state index contributed by atoms with van der Waals surface area (Å²) in [7, 11) is 0. The Labute approximate surface area is 149 Å². The summed E-state index contributed by atoms with van der Waals surface area (Å²) in [4.78, 5) is 23.6. The first kappa shape index (κ1) is 18.0. The molecule has 0 aliphatic carbocycles. The first-order chi connectivity index (χ1) is 12.5. The van der Waals surface area contributed by atoms with E-state index in [0.29, 0.717) is 31.7 Å². The number of rotatable bonds is 6. The molecular formula is C17H19FN4O4. The van der Waals surface area contributed by atoms with Crippen LogP contribution in [0.2, 0.25) is 0 Å². The molecule has 26 heavy (non-hydrogen) atoms. The van der Waals surface area contributed by atoms with Gasteiger partial charge in [0.1, 0.15) is 18.1 Å². The number of carboxylic acids is 1. The van der Waals surface area contributed by atoms with Crippen LogP contribution in [0.25, 0.3) is 0 Å². The van der Waals surface area contributed by atoms with Gasteiger partial charge in [0.2, 0.25) is 5.91 Å². The maximum absolute atomic E-state index is 13.3. The lowest BCUT2D eigenvalue weighted by Gasteiger charge is -2.36. The number of amides is 1. The lowest BCUT2D eigenvalue weighted by molar-refractivity contribution is -0.138. The van der Waals surface area contributed by atoms with E-state index < -0.39 is 11.4 Å². The summed E-state index contributed by atoms with van der Waals surface area (Å²) in [5.41, 5.74) is 0.415. The lowest BCUT2D eigenvalue weighted by atomic mass is 9.73. The maximum Gasteiger partial charge on any atom is 0.325 e. The standard InChI is InChI=1S/C17H19FN4O4/c18-13-3-1-12(2-4-13)17(5-7-26-8-6-17)16(25)19-9-14-10-22(21-20-14)11-15(23)24/h1-4,10H,5-9,11H2,(H,19,25)(H,23,24). The first-order valence-electron chi connectivity index (χ1n) is 8.22. The maximum atomic E-state index is 13.3. The van der Waals surface area contributed by atoms with Crippen LogP contribution in [0.5, 0.6) is 0 Å². The van der Waals surface area contributed by atoms with Crippen LogP contribution in [0.3, 0.4) is 0 Å². The van der Waals surface area contributed by atoms with Crippen molar-refractivity contribution in [2.75, 3.05) is 13.2 Å². The Morgan fingerprint density at radius 3 is 2.62 bits per heavy atom. The van der Waals surface area contributed by atoms with Gasteiger partial charge < -0.3 is 15.2 Å². The fraction of sp³-hybridized carbons (Fsp3) is 0.412. The van der Waals surface area contributed by atoms with Crippen molar-refractivity contribution in [3.8, 4) is 0 Å². The van der Waals surface area contributed by atoms with E-state index in [-0.39, 0.29) is 24.8 Å². The predicted octanol–water partition coefficient (Wildman–Crippen LogP) is 0.866. The van der Waals surface area contributed by atoms with E-state index in [1.807, 2.05) is 0 Å². The zero-order chi connectivity index (χ0) is 18.6. The minimum Gasteiger partial charge on any atom is -0.480 e. The van der Waals surface area contributed by atoms with Crippen molar-refractivity contribution in [2.24, 2.45) is 0 Å². The number of carbonyl (C=O) groups is 2. The number of benzene rings is 1. The molecule has 1 aromatic carbocycles. The predicted molar refractivity (Wildman–Crippen MR) is 87.6 cm³/mol. The average Bonchev–Trinajstić information content (AvgIpc) is 3.07.